The summed E-state index contributed by atoms with van der Waals surface area (Å²) in [6.07, 6.45) is 2.25. The summed E-state index contributed by atoms with van der Waals surface area (Å²) in [6.45, 7) is 0.803. The molecular formula is C7H10F2O. The molecule has 0 aromatic carbocycles. The quantitative estimate of drug-likeness (QED) is 0.441. The molecule has 0 bridgehead atoms. The van der Waals surface area contributed by atoms with Crippen molar-refractivity contribution in [3.05, 3.63) is 23.7 Å². The third-order valence-corrected chi connectivity index (χ3v) is 0.974. The van der Waals surface area contributed by atoms with Gasteiger partial charge in [0.15, 0.2) is 5.83 Å². The Morgan fingerprint density at radius 1 is 1.60 bits per heavy atom. The molecule has 1 nitrogen and oxygen atoms in total. The predicted octanol–water partition coefficient (Wildman–Crippen LogP) is 2.36. The van der Waals surface area contributed by atoms with Crippen LogP contribution in [0.2, 0.25) is 0 Å². The molecule has 10 heavy (non-hydrogen) atoms. The molecule has 0 aromatic heterocycles. The first-order chi connectivity index (χ1) is 4.76. The van der Waals surface area contributed by atoms with Gasteiger partial charge in [0.25, 0.3) is 0 Å². The molecule has 0 amide bonds. The summed E-state index contributed by atoms with van der Waals surface area (Å²) < 4.78 is 28.5. The third kappa shape index (κ3) is 2.62. The number of methoxy groups -OCH3 is 1. The Kier molecular flexibility index (Phi) is 4.54. The standard InChI is InChI=1S/C7H10F2O/c1-3-7(10-2)6(9)4-5-8/h3-4H,5H2,1-2H3/b6-4+,7-3+. The van der Waals surface area contributed by atoms with E-state index in [9.17, 15) is 8.78 Å². The Morgan fingerprint density at radius 2 is 2.20 bits per heavy atom. The molecule has 0 fully saturated rings. The van der Waals surface area contributed by atoms with Gasteiger partial charge in [-0.3, -0.25) is 0 Å². The highest BCUT2D eigenvalue weighted by atomic mass is 19.1. The molecular weight excluding hydrogens is 138 g/mol. The SMILES string of the molecule is C/C=C(OC)\C(F)=C/CF. The number of hydrogen-bond acceptors (Lipinski definition) is 1. The molecule has 3 heteroatoms. The lowest BCUT2D eigenvalue weighted by Gasteiger charge is -1.99. The van der Waals surface area contributed by atoms with Crippen LogP contribution >= 0.6 is 0 Å². The van der Waals surface area contributed by atoms with Crippen LogP contribution in [0.5, 0.6) is 0 Å². The second-order valence-corrected chi connectivity index (χ2v) is 1.56. The number of alkyl halides is 1. The highest BCUT2D eigenvalue weighted by Crippen LogP contribution is 2.10. The average molecular weight is 148 g/mol. The fraction of sp³-hybridized carbons (Fsp3) is 0.429. The van der Waals surface area contributed by atoms with Crippen molar-refractivity contribution in [2.45, 2.75) is 6.92 Å². The van der Waals surface area contributed by atoms with Gasteiger partial charge in [0.05, 0.1) is 7.11 Å². The molecule has 0 saturated carbocycles. The van der Waals surface area contributed by atoms with Crippen molar-refractivity contribution >= 4 is 0 Å². The van der Waals surface area contributed by atoms with E-state index in [1.807, 2.05) is 0 Å². The average Bonchev–Trinajstić information content (AvgIpc) is 1.91. The second kappa shape index (κ2) is 4.97. The molecule has 0 atom stereocenters. The first kappa shape index (κ1) is 9.14. The smallest absolute Gasteiger partial charge is 0.163 e. The van der Waals surface area contributed by atoms with Crippen LogP contribution in [0.4, 0.5) is 8.78 Å². The molecule has 0 rings (SSSR count). The largest absolute Gasteiger partial charge is 0.494 e. The third-order valence-electron chi connectivity index (χ3n) is 0.974. The van der Waals surface area contributed by atoms with E-state index in [0.29, 0.717) is 0 Å². The number of halogens is 2. The fourth-order valence-corrected chi connectivity index (χ4v) is 0.522. The molecule has 58 valence electrons. The summed E-state index contributed by atoms with van der Waals surface area (Å²) in [5.74, 6) is -0.592. The van der Waals surface area contributed by atoms with Crippen LogP contribution < -0.4 is 0 Å². The Morgan fingerprint density at radius 3 is 2.50 bits per heavy atom. The highest BCUT2D eigenvalue weighted by Gasteiger charge is 2.00. The van der Waals surface area contributed by atoms with E-state index in [1.165, 1.54) is 13.2 Å². The van der Waals surface area contributed by atoms with E-state index in [4.69, 9.17) is 0 Å². The van der Waals surface area contributed by atoms with Gasteiger partial charge in [-0.25, -0.2) is 8.78 Å². The van der Waals surface area contributed by atoms with Gasteiger partial charge >= 0.3 is 0 Å². The molecule has 0 saturated heterocycles. The van der Waals surface area contributed by atoms with Crippen molar-refractivity contribution in [1.82, 2.24) is 0 Å². The second-order valence-electron chi connectivity index (χ2n) is 1.56. The van der Waals surface area contributed by atoms with Crippen LogP contribution in [-0.4, -0.2) is 13.8 Å². The Labute approximate surface area is 59.0 Å². The van der Waals surface area contributed by atoms with Crippen LogP contribution in [0.3, 0.4) is 0 Å². The summed E-state index contributed by atoms with van der Waals surface area (Å²) in [7, 11) is 1.33. The zero-order valence-corrected chi connectivity index (χ0v) is 6.03. The summed E-state index contributed by atoms with van der Waals surface area (Å²) in [5, 5.41) is 0. The lowest BCUT2D eigenvalue weighted by atomic mass is 10.4. The van der Waals surface area contributed by atoms with Gasteiger partial charge in [-0.2, -0.15) is 0 Å². The molecule has 0 aliphatic carbocycles. The predicted molar refractivity (Wildman–Crippen MR) is 35.9 cm³/mol. The fourth-order valence-electron chi connectivity index (χ4n) is 0.522. The van der Waals surface area contributed by atoms with Crippen LogP contribution in [0, 0.1) is 0 Å². The van der Waals surface area contributed by atoms with Crippen LogP contribution in [0.1, 0.15) is 6.92 Å². The van der Waals surface area contributed by atoms with Crippen molar-refractivity contribution < 1.29 is 13.5 Å². The molecule has 0 aliphatic heterocycles. The summed E-state index contributed by atoms with van der Waals surface area (Å²) >= 11 is 0. The van der Waals surface area contributed by atoms with E-state index in [1.54, 1.807) is 6.92 Å². The lowest BCUT2D eigenvalue weighted by molar-refractivity contribution is 0.281. The van der Waals surface area contributed by atoms with Crippen LogP contribution in [0.15, 0.2) is 23.7 Å². The number of rotatable bonds is 3. The minimum atomic E-state index is -0.813. The molecule has 0 aromatic rings. The van der Waals surface area contributed by atoms with E-state index < -0.39 is 12.5 Å². The lowest BCUT2D eigenvalue weighted by Crippen LogP contribution is -1.86. The first-order valence-electron chi connectivity index (χ1n) is 2.88. The van der Waals surface area contributed by atoms with Crippen molar-refractivity contribution in [2.75, 3.05) is 13.8 Å². The van der Waals surface area contributed by atoms with Gasteiger partial charge in [-0.15, -0.1) is 0 Å². The van der Waals surface area contributed by atoms with Crippen molar-refractivity contribution in [2.24, 2.45) is 0 Å². The minimum absolute atomic E-state index is 0.0673. The number of hydrogen-bond donors (Lipinski definition) is 0. The Balaban J connectivity index is 4.16. The van der Waals surface area contributed by atoms with Crippen molar-refractivity contribution in [3.63, 3.8) is 0 Å². The topological polar surface area (TPSA) is 9.23 Å². The van der Waals surface area contributed by atoms with E-state index in [0.717, 1.165) is 6.08 Å². The summed E-state index contributed by atoms with van der Waals surface area (Å²) in [4.78, 5) is 0. The normalized spacial score (nSPS) is 13.6. The molecule has 0 heterocycles. The van der Waals surface area contributed by atoms with Gasteiger partial charge in [0.1, 0.15) is 12.4 Å². The Bertz CT molecular complexity index is 150. The summed E-state index contributed by atoms with van der Waals surface area (Å²) in [6, 6.07) is 0. The maximum atomic E-state index is 12.5. The van der Waals surface area contributed by atoms with Crippen LogP contribution in [-0.2, 0) is 4.74 Å². The maximum Gasteiger partial charge on any atom is 0.163 e. The van der Waals surface area contributed by atoms with Gasteiger partial charge in [0.2, 0.25) is 0 Å². The molecule has 0 unspecified atom stereocenters. The van der Waals surface area contributed by atoms with Gasteiger partial charge in [0, 0.05) is 0 Å². The van der Waals surface area contributed by atoms with Gasteiger partial charge in [-0.1, -0.05) is 0 Å². The van der Waals surface area contributed by atoms with Gasteiger partial charge in [-0.05, 0) is 19.1 Å². The molecule has 0 N–H and O–H groups in total. The van der Waals surface area contributed by atoms with Gasteiger partial charge < -0.3 is 4.74 Å². The minimum Gasteiger partial charge on any atom is -0.494 e. The zero-order valence-electron chi connectivity index (χ0n) is 6.03. The highest BCUT2D eigenvalue weighted by molar-refractivity contribution is 5.18. The molecule has 0 spiro atoms. The Hall–Kier alpha value is -0.860. The maximum absolute atomic E-state index is 12.5. The number of allylic oxidation sites excluding steroid dienone is 3. The van der Waals surface area contributed by atoms with E-state index in [2.05, 4.69) is 4.74 Å². The summed E-state index contributed by atoms with van der Waals surface area (Å²) in [5.41, 5.74) is 0. The van der Waals surface area contributed by atoms with E-state index >= 15 is 0 Å². The molecule has 0 radical (unpaired) electrons. The van der Waals surface area contributed by atoms with E-state index in [-0.39, 0.29) is 5.76 Å². The molecule has 0 aliphatic rings. The first-order valence-corrected chi connectivity index (χ1v) is 2.88. The number of ether oxygens (including phenoxy) is 1. The van der Waals surface area contributed by atoms with Crippen molar-refractivity contribution in [1.29, 1.82) is 0 Å². The monoisotopic (exact) mass is 148 g/mol. The van der Waals surface area contributed by atoms with Crippen LogP contribution in [0.25, 0.3) is 0 Å². The van der Waals surface area contributed by atoms with Crippen molar-refractivity contribution in [3.8, 4) is 0 Å². The zero-order chi connectivity index (χ0) is 7.98.